The maximum absolute atomic E-state index is 9.93. The third kappa shape index (κ3) is 1.98. The molecule has 0 unspecified atom stereocenters. The van der Waals surface area contributed by atoms with Crippen molar-refractivity contribution < 1.29 is 15.2 Å². The van der Waals surface area contributed by atoms with Crippen LogP contribution in [0.3, 0.4) is 0 Å². The highest BCUT2D eigenvalue weighted by atomic mass is 16.8. The number of aliphatic hydroxyl groups is 2. The molecule has 2 aromatic rings. The maximum Gasteiger partial charge on any atom is 0.120 e. The Morgan fingerprint density at radius 3 is 1.67 bits per heavy atom. The van der Waals surface area contributed by atoms with Crippen LogP contribution in [0.4, 0.5) is 0 Å². The Balaban J connectivity index is 2.26. The molecule has 0 aliphatic carbocycles. The smallest absolute Gasteiger partial charge is 0.120 e. The maximum atomic E-state index is 9.93. The summed E-state index contributed by atoms with van der Waals surface area (Å²) < 4.78 is 0. The summed E-state index contributed by atoms with van der Waals surface area (Å²) in [6.07, 6.45) is 0. The van der Waals surface area contributed by atoms with Crippen molar-refractivity contribution in [2.24, 2.45) is 0 Å². The van der Waals surface area contributed by atoms with Gasteiger partial charge in [0.2, 0.25) is 0 Å². The summed E-state index contributed by atoms with van der Waals surface area (Å²) in [5, 5.41) is 19.9. The van der Waals surface area contributed by atoms with Gasteiger partial charge in [0.15, 0.2) is 0 Å². The molecule has 5 nitrogen and oxygen atoms in total. The van der Waals surface area contributed by atoms with Crippen LogP contribution in [0, 0.1) is 0 Å². The summed E-state index contributed by atoms with van der Waals surface area (Å²) in [4.78, 5) is 5.25. The highest BCUT2D eigenvalue weighted by molar-refractivity contribution is 5.44. The van der Waals surface area contributed by atoms with E-state index < -0.39 is 11.1 Å². The van der Waals surface area contributed by atoms with Crippen LogP contribution in [0.1, 0.15) is 11.1 Å². The molecule has 0 spiro atoms. The highest BCUT2D eigenvalue weighted by Crippen LogP contribution is 2.42. The molecule has 4 N–H and O–H groups in total. The number of hydroxylamine groups is 2. The molecule has 0 saturated carbocycles. The second-order valence-electron chi connectivity index (χ2n) is 5.19. The van der Waals surface area contributed by atoms with Crippen LogP contribution in [0.2, 0.25) is 0 Å². The van der Waals surface area contributed by atoms with Gasteiger partial charge >= 0.3 is 0 Å². The van der Waals surface area contributed by atoms with Crippen LogP contribution >= 0.6 is 0 Å². The molecule has 1 aliphatic rings. The van der Waals surface area contributed by atoms with Crippen molar-refractivity contribution in [2.75, 3.05) is 13.2 Å². The number of aliphatic hydroxyl groups excluding tert-OH is 2. The van der Waals surface area contributed by atoms with Crippen LogP contribution in [-0.2, 0) is 10.5 Å². The molecule has 21 heavy (non-hydrogen) atoms. The predicted octanol–water partition coefficient (Wildman–Crippen LogP) is 0.693. The van der Waals surface area contributed by atoms with E-state index in [9.17, 15) is 10.2 Å². The minimum absolute atomic E-state index is 0.291. The number of benzene rings is 2. The average Bonchev–Trinajstić information content (AvgIpc) is 2.97. The number of hydrogen-bond acceptors (Lipinski definition) is 5. The van der Waals surface area contributed by atoms with E-state index in [1.165, 1.54) is 0 Å². The van der Waals surface area contributed by atoms with Crippen molar-refractivity contribution in [3.05, 3.63) is 71.8 Å². The Hall–Kier alpha value is -1.76. The third-order valence-corrected chi connectivity index (χ3v) is 4.12. The van der Waals surface area contributed by atoms with Gasteiger partial charge < -0.3 is 10.2 Å². The molecule has 2 aromatic carbocycles. The summed E-state index contributed by atoms with van der Waals surface area (Å²) in [5.74, 6) is 0. The lowest BCUT2D eigenvalue weighted by Gasteiger charge is -2.41. The molecule has 3 rings (SSSR count). The number of rotatable bonds is 4. The molecule has 0 amide bonds. The Morgan fingerprint density at radius 2 is 1.24 bits per heavy atom. The minimum atomic E-state index is -1.07. The van der Waals surface area contributed by atoms with Gasteiger partial charge in [-0.05, 0) is 11.1 Å². The third-order valence-electron chi connectivity index (χ3n) is 4.12. The fraction of sp³-hybridized carbons (Fsp3) is 0.250. The van der Waals surface area contributed by atoms with Gasteiger partial charge in [0.1, 0.15) is 11.1 Å². The van der Waals surface area contributed by atoms with E-state index in [4.69, 9.17) is 4.94 Å². The monoisotopic (exact) mass is 286 g/mol. The standard InChI is InChI=1S/C16H18N2O3/c19-11-15(12-20)16(18-21-17-15,13-7-3-1-4-8-13)14-9-5-2-6-10-14/h1-10,17-20H,11-12H2. The first kappa shape index (κ1) is 14.2. The van der Waals surface area contributed by atoms with E-state index in [1.807, 2.05) is 60.7 Å². The van der Waals surface area contributed by atoms with Gasteiger partial charge in [0.05, 0.1) is 13.2 Å². The average molecular weight is 286 g/mol. The molecule has 0 aromatic heterocycles. The van der Waals surface area contributed by atoms with Gasteiger partial charge in [0.25, 0.3) is 0 Å². The van der Waals surface area contributed by atoms with Crippen LogP contribution in [0.5, 0.6) is 0 Å². The number of nitrogens with one attached hydrogen (secondary N) is 2. The van der Waals surface area contributed by atoms with Crippen molar-refractivity contribution in [2.45, 2.75) is 11.1 Å². The SMILES string of the molecule is OCC1(CO)NONC1(c1ccccc1)c1ccccc1. The largest absolute Gasteiger partial charge is 0.394 e. The molecule has 5 heteroatoms. The Kier molecular flexibility index (Phi) is 3.75. The lowest BCUT2D eigenvalue weighted by Crippen LogP contribution is -2.63. The molecule has 0 atom stereocenters. The molecule has 1 saturated heterocycles. The van der Waals surface area contributed by atoms with Crippen LogP contribution in [0.25, 0.3) is 0 Å². The normalized spacial score (nSPS) is 19.5. The van der Waals surface area contributed by atoms with Crippen molar-refractivity contribution in [3.8, 4) is 0 Å². The molecule has 1 aliphatic heterocycles. The molecule has 1 fully saturated rings. The van der Waals surface area contributed by atoms with Gasteiger partial charge in [-0.3, -0.25) is 0 Å². The Labute approximate surface area is 123 Å². The first-order valence-corrected chi connectivity index (χ1v) is 6.82. The molecule has 0 bridgehead atoms. The van der Waals surface area contributed by atoms with Crippen molar-refractivity contribution in [3.63, 3.8) is 0 Å². The van der Waals surface area contributed by atoms with Crippen LogP contribution < -0.4 is 11.0 Å². The Morgan fingerprint density at radius 1 is 0.762 bits per heavy atom. The fourth-order valence-electron chi connectivity index (χ4n) is 2.94. The highest BCUT2D eigenvalue weighted by Gasteiger charge is 2.58. The van der Waals surface area contributed by atoms with Gasteiger partial charge in [-0.15, -0.1) is 0 Å². The summed E-state index contributed by atoms with van der Waals surface area (Å²) in [6.45, 7) is -0.583. The lowest BCUT2D eigenvalue weighted by molar-refractivity contribution is -0.0232. The van der Waals surface area contributed by atoms with Crippen molar-refractivity contribution in [1.29, 1.82) is 0 Å². The zero-order valence-electron chi connectivity index (χ0n) is 11.5. The quantitative estimate of drug-likeness (QED) is 0.665. The molecule has 1 heterocycles. The van der Waals surface area contributed by atoms with E-state index in [0.29, 0.717) is 0 Å². The van der Waals surface area contributed by atoms with Crippen molar-refractivity contribution >= 4 is 0 Å². The predicted molar refractivity (Wildman–Crippen MR) is 77.9 cm³/mol. The molecular formula is C16H18N2O3. The van der Waals surface area contributed by atoms with E-state index in [-0.39, 0.29) is 13.2 Å². The van der Waals surface area contributed by atoms with E-state index in [2.05, 4.69) is 11.0 Å². The zero-order chi connectivity index (χ0) is 14.8. The Bertz CT molecular complexity index is 545. The van der Waals surface area contributed by atoms with E-state index >= 15 is 0 Å². The minimum Gasteiger partial charge on any atom is -0.394 e. The fourth-order valence-corrected chi connectivity index (χ4v) is 2.94. The van der Waals surface area contributed by atoms with Gasteiger partial charge in [-0.2, -0.15) is 11.0 Å². The second-order valence-corrected chi connectivity index (χ2v) is 5.19. The van der Waals surface area contributed by atoms with Gasteiger partial charge in [-0.1, -0.05) is 60.7 Å². The number of hydrogen-bond donors (Lipinski definition) is 4. The summed E-state index contributed by atoms with van der Waals surface area (Å²) in [6, 6.07) is 19.3. The van der Waals surface area contributed by atoms with Crippen LogP contribution in [0.15, 0.2) is 60.7 Å². The summed E-state index contributed by atoms with van der Waals surface area (Å²) in [7, 11) is 0. The summed E-state index contributed by atoms with van der Waals surface area (Å²) >= 11 is 0. The van der Waals surface area contributed by atoms with Crippen molar-refractivity contribution in [1.82, 2.24) is 11.0 Å². The lowest BCUT2D eigenvalue weighted by atomic mass is 9.69. The van der Waals surface area contributed by atoms with Gasteiger partial charge in [0, 0.05) is 0 Å². The topological polar surface area (TPSA) is 73.8 Å². The van der Waals surface area contributed by atoms with Crippen LogP contribution in [-0.4, -0.2) is 29.0 Å². The molecular weight excluding hydrogens is 268 g/mol. The second kappa shape index (κ2) is 5.55. The van der Waals surface area contributed by atoms with E-state index in [0.717, 1.165) is 11.1 Å². The first-order chi connectivity index (χ1) is 10.3. The zero-order valence-corrected chi connectivity index (χ0v) is 11.5. The summed E-state index contributed by atoms with van der Waals surface area (Å²) in [5.41, 5.74) is 5.53. The first-order valence-electron chi connectivity index (χ1n) is 6.82. The molecule has 110 valence electrons. The van der Waals surface area contributed by atoms with E-state index in [1.54, 1.807) is 0 Å². The molecule has 0 radical (unpaired) electrons. The van der Waals surface area contributed by atoms with Gasteiger partial charge in [-0.25, -0.2) is 4.94 Å².